The van der Waals surface area contributed by atoms with Gasteiger partial charge in [-0.05, 0) is 36.8 Å². The van der Waals surface area contributed by atoms with Crippen LogP contribution in [0.5, 0.6) is 0 Å². The first-order valence-electron chi connectivity index (χ1n) is 7.64. The van der Waals surface area contributed by atoms with Crippen LogP contribution in [-0.2, 0) is 29.5 Å². The molecule has 3 rings (SSSR count). The monoisotopic (exact) mass is 349 g/mol. The van der Waals surface area contributed by atoms with Crippen LogP contribution in [0.4, 0.5) is 0 Å². The Kier molecular flexibility index (Phi) is 4.42. The van der Waals surface area contributed by atoms with Gasteiger partial charge in [-0.1, -0.05) is 0 Å². The van der Waals surface area contributed by atoms with E-state index in [0.717, 1.165) is 18.4 Å². The van der Waals surface area contributed by atoms with E-state index in [1.807, 2.05) is 4.68 Å². The second-order valence-corrected chi connectivity index (χ2v) is 7.90. The first-order chi connectivity index (χ1) is 11.4. The highest BCUT2D eigenvalue weighted by Gasteiger charge is 2.22. The summed E-state index contributed by atoms with van der Waals surface area (Å²) in [6, 6.07) is 7.79. The van der Waals surface area contributed by atoms with Crippen LogP contribution >= 0.6 is 0 Å². The molecule has 0 bridgehead atoms. The van der Waals surface area contributed by atoms with Gasteiger partial charge in [0.2, 0.25) is 0 Å². The number of hydrogen-bond acceptors (Lipinski definition) is 5. The SMILES string of the molecule is CS(=O)(=O)c1ccc(C(=O)N2CCCn3nc(CO)cc3C2)cc1. The Morgan fingerprint density at radius 3 is 2.58 bits per heavy atom. The third-order valence-corrected chi connectivity index (χ3v) is 5.17. The van der Waals surface area contributed by atoms with E-state index in [1.54, 1.807) is 23.1 Å². The van der Waals surface area contributed by atoms with Crippen LogP contribution in [0.1, 0.15) is 28.2 Å². The zero-order chi connectivity index (χ0) is 17.3. The number of hydrogen-bond donors (Lipinski definition) is 1. The molecule has 7 nitrogen and oxygen atoms in total. The Morgan fingerprint density at radius 2 is 1.96 bits per heavy atom. The lowest BCUT2D eigenvalue weighted by molar-refractivity contribution is 0.0745. The van der Waals surface area contributed by atoms with Crippen LogP contribution in [0.15, 0.2) is 35.2 Å². The molecule has 0 spiro atoms. The number of carbonyl (C=O) groups excluding carboxylic acids is 1. The molecule has 0 aliphatic carbocycles. The number of amides is 1. The number of carbonyl (C=O) groups is 1. The lowest BCUT2D eigenvalue weighted by Gasteiger charge is -2.20. The highest BCUT2D eigenvalue weighted by atomic mass is 32.2. The molecule has 0 atom stereocenters. The molecule has 1 N–H and O–H groups in total. The highest BCUT2D eigenvalue weighted by molar-refractivity contribution is 7.90. The van der Waals surface area contributed by atoms with Gasteiger partial charge in [0.05, 0.1) is 29.4 Å². The molecule has 1 aromatic heterocycles. The minimum atomic E-state index is -3.28. The van der Waals surface area contributed by atoms with Crippen LogP contribution in [0, 0.1) is 0 Å². The van der Waals surface area contributed by atoms with Crippen molar-refractivity contribution in [1.29, 1.82) is 0 Å². The highest BCUT2D eigenvalue weighted by Crippen LogP contribution is 2.18. The van der Waals surface area contributed by atoms with Gasteiger partial charge in [-0.2, -0.15) is 5.10 Å². The summed E-state index contributed by atoms with van der Waals surface area (Å²) < 4.78 is 24.8. The van der Waals surface area contributed by atoms with E-state index >= 15 is 0 Å². The Bertz CT molecular complexity index is 856. The van der Waals surface area contributed by atoms with Gasteiger partial charge in [0.25, 0.3) is 5.91 Å². The summed E-state index contributed by atoms with van der Waals surface area (Å²) in [5.41, 5.74) is 1.94. The number of rotatable bonds is 3. The molecule has 2 aromatic rings. The van der Waals surface area contributed by atoms with Gasteiger partial charge in [-0.25, -0.2) is 8.42 Å². The number of nitrogens with zero attached hydrogens (tertiary/aromatic N) is 3. The van der Waals surface area contributed by atoms with E-state index in [1.165, 1.54) is 12.1 Å². The fourth-order valence-electron chi connectivity index (χ4n) is 2.80. The van der Waals surface area contributed by atoms with Gasteiger partial charge in [-0.3, -0.25) is 9.48 Å². The molecule has 0 fully saturated rings. The predicted octanol–water partition coefficient (Wildman–Crippen LogP) is 0.825. The predicted molar refractivity (Wildman–Crippen MR) is 87.1 cm³/mol. The van der Waals surface area contributed by atoms with Crippen molar-refractivity contribution in [3.05, 3.63) is 47.3 Å². The molecule has 0 saturated heterocycles. The number of fused-ring (bicyclic) bond motifs is 1. The van der Waals surface area contributed by atoms with Crippen LogP contribution in [0.2, 0.25) is 0 Å². The summed E-state index contributed by atoms with van der Waals surface area (Å²) in [7, 11) is -3.28. The Labute approximate surface area is 140 Å². The van der Waals surface area contributed by atoms with Crippen LogP contribution in [0.3, 0.4) is 0 Å². The van der Waals surface area contributed by atoms with Gasteiger partial charge in [0.1, 0.15) is 0 Å². The van der Waals surface area contributed by atoms with Crippen LogP contribution < -0.4 is 0 Å². The third kappa shape index (κ3) is 3.34. The van der Waals surface area contributed by atoms with Crippen molar-refractivity contribution >= 4 is 15.7 Å². The van der Waals surface area contributed by atoms with Crippen molar-refractivity contribution in [2.75, 3.05) is 12.8 Å². The van der Waals surface area contributed by atoms with E-state index in [2.05, 4.69) is 5.10 Å². The topological polar surface area (TPSA) is 92.5 Å². The number of aryl methyl sites for hydroxylation is 1. The fourth-order valence-corrected chi connectivity index (χ4v) is 3.43. The van der Waals surface area contributed by atoms with Crippen molar-refractivity contribution in [3.63, 3.8) is 0 Å². The molecular weight excluding hydrogens is 330 g/mol. The maximum Gasteiger partial charge on any atom is 0.254 e. The second kappa shape index (κ2) is 6.37. The van der Waals surface area contributed by atoms with E-state index in [-0.39, 0.29) is 17.4 Å². The van der Waals surface area contributed by atoms with Crippen molar-refractivity contribution in [2.24, 2.45) is 0 Å². The Hall–Kier alpha value is -2.19. The van der Waals surface area contributed by atoms with E-state index in [0.29, 0.717) is 30.9 Å². The molecule has 1 aliphatic heterocycles. The van der Waals surface area contributed by atoms with E-state index < -0.39 is 9.84 Å². The second-order valence-electron chi connectivity index (χ2n) is 5.89. The number of benzene rings is 1. The maximum atomic E-state index is 12.7. The van der Waals surface area contributed by atoms with Gasteiger partial charge < -0.3 is 10.0 Å². The summed E-state index contributed by atoms with van der Waals surface area (Å²) in [6.45, 7) is 1.59. The lowest BCUT2D eigenvalue weighted by atomic mass is 10.2. The summed E-state index contributed by atoms with van der Waals surface area (Å²) in [5.74, 6) is -0.143. The number of aromatic nitrogens is 2. The smallest absolute Gasteiger partial charge is 0.254 e. The van der Waals surface area contributed by atoms with Gasteiger partial charge in [-0.15, -0.1) is 0 Å². The Morgan fingerprint density at radius 1 is 1.25 bits per heavy atom. The van der Waals surface area contributed by atoms with Crippen LogP contribution in [-0.4, -0.2) is 46.9 Å². The average molecular weight is 349 g/mol. The van der Waals surface area contributed by atoms with Crippen molar-refractivity contribution in [1.82, 2.24) is 14.7 Å². The largest absolute Gasteiger partial charge is 0.390 e. The van der Waals surface area contributed by atoms with Crippen LogP contribution in [0.25, 0.3) is 0 Å². The van der Waals surface area contributed by atoms with Gasteiger partial charge >= 0.3 is 0 Å². The third-order valence-electron chi connectivity index (χ3n) is 4.04. The molecule has 24 heavy (non-hydrogen) atoms. The summed E-state index contributed by atoms with van der Waals surface area (Å²) in [6.07, 6.45) is 1.91. The van der Waals surface area contributed by atoms with Crippen molar-refractivity contribution in [3.8, 4) is 0 Å². The molecule has 128 valence electrons. The molecule has 0 saturated carbocycles. The number of aliphatic hydroxyl groups excluding tert-OH is 1. The lowest BCUT2D eigenvalue weighted by Crippen LogP contribution is -2.30. The number of sulfone groups is 1. The molecule has 2 heterocycles. The maximum absolute atomic E-state index is 12.7. The quantitative estimate of drug-likeness (QED) is 0.886. The average Bonchev–Trinajstić information content (AvgIpc) is 2.84. The van der Waals surface area contributed by atoms with Gasteiger partial charge in [0.15, 0.2) is 9.84 Å². The van der Waals surface area contributed by atoms with Gasteiger partial charge in [0, 0.05) is 24.9 Å². The molecular formula is C16H19N3O4S. The zero-order valence-corrected chi connectivity index (χ0v) is 14.2. The summed E-state index contributed by atoms with van der Waals surface area (Å²) >= 11 is 0. The fraction of sp³-hybridized carbons (Fsp3) is 0.375. The first kappa shape index (κ1) is 16.7. The normalized spacial score (nSPS) is 15.0. The van der Waals surface area contributed by atoms with Crippen molar-refractivity contribution in [2.45, 2.75) is 31.0 Å². The van der Waals surface area contributed by atoms with Crippen molar-refractivity contribution < 1.29 is 18.3 Å². The molecule has 1 aliphatic rings. The van der Waals surface area contributed by atoms with E-state index in [9.17, 15) is 18.3 Å². The van der Waals surface area contributed by atoms with E-state index in [4.69, 9.17) is 0 Å². The summed E-state index contributed by atoms with van der Waals surface area (Å²) in [5, 5.41) is 13.5. The summed E-state index contributed by atoms with van der Waals surface area (Å²) in [4.78, 5) is 14.6. The molecule has 1 amide bonds. The molecule has 8 heteroatoms. The minimum Gasteiger partial charge on any atom is -0.390 e. The number of aliphatic hydroxyl groups is 1. The molecule has 1 aromatic carbocycles. The zero-order valence-electron chi connectivity index (χ0n) is 13.3. The first-order valence-corrected chi connectivity index (χ1v) is 9.53. The molecule has 0 unspecified atom stereocenters. The minimum absolute atomic E-state index is 0.124. The molecule has 0 radical (unpaired) electrons. The standard InChI is InChI=1S/C16H19N3O4S/c1-24(22,23)15-5-3-12(4-6-15)16(21)18-7-2-8-19-14(10-18)9-13(11-20)17-19/h3-6,9,20H,2,7-8,10-11H2,1H3. The Balaban J connectivity index is 1.81.